The number of aromatic nitrogens is 2. The number of nitrogens with zero attached hydrogens (tertiary/aromatic N) is 3. The largest absolute Gasteiger partial charge is 0.481 e. The number of pyridine rings is 1. The van der Waals surface area contributed by atoms with E-state index in [1.807, 2.05) is 36.4 Å². The minimum atomic E-state index is -0.173. The molecule has 3 heterocycles. The maximum Gasteiger partial charge on any atom is 0.266 e. The van der Waals surface area contributed by atoms with Crippen molar-refractivity contribution in [2.75, 3.05) is 24.7 Å². The number of thiazole rings is 1. The molecule has 158 valence electrons. The molecule has 1 atom stereocenters. The average Bonchev–Trinajstić information content (AvgIpc) is 3.46. The highest BCUT2D eigenvalue weighted by Crippen LogP contribution is 2.31. The molecule has 0 spiro atoms. The smallest absolute Gasteiger partial charge is 0.266 e. The number of benzene rings is 2. The van der Waals surface area contributed by atoms with Crippen LogP contribution in [0.1, 0.15) is 12.8 Å². The summed E-state index contributed by atoms with van der Waals surface area (Å²) in [7, 11) is 0. The van der Waals surface area contributed by atoms with Crippen LogP contribution in [0.5, 0.6) is 5.75 Å². The molecule has 0 bridgehead atoms. The van der Waals surface area contributed by atoms with Crippen molar-refractivity contribution < 1.29 is 14.3 Å². The Morgan fingerprint density at radius 2 is 2.13 bits per heavy atom. The summed E-state index contributed by atoms with van der Waals surface area (Å²) in [5.74, 6) is 0.350. The number of amides is 1. The standard InChI is InChI=1S/C23H20ClN3O3S/c24-17-9-10-19(22-16(17)6-3-11-25-22)30-14-21(28)27(13-15-5-4-12-29-15)23-26-18-7-1-2-8-20(18)31-23/h1-3,6-11,15H,4-5,12-14H2. The zero-order chi connectivity index (χ0) is 21.2. The zero-order valence-electron chi connectivity index (χ0n) is 16.7. The molecular formula is C23H20ClN3O3S. The van der Waals surface area contributed by atoms with E-state index >= 15 is 0 Å². The number of anilines is 1. The molecule has 5 rings (SSSR count). The fourth-order valence-corrected chi connectivity index (χ4v) is 4.91. The number of halogens is 1. The third-order valence-corrected chi connectivity index (χ3v) is 6.64. The molecule has 0 saturated carbocycles. The summed E-state index contributed by atoms with van der Waals surface area (Å²) >= 11 is 7.76. The van der Waals surface area contributed by atoms with Gasteiger partial charge in [0, 0.05) is 18.2 Å². The molecule has 0 aliphatic carbocycles. The molecule has 31 heavy (non-hydrogen) atoms. The summed E-state index contributed by atoms with van der Waals surface area (Å²) in [4.78, 5) is 24.0. The maximum absolute atomic E-state index is 13.3. The van der Waals surface area contributed by atoms with E-state index in [4.69, 9.17) is 21.1 Å². The summed E-state index contributed by atoms with van der Waals surface area (Å²) in [6, 6.07) is 15.1. The Kier molecular flexibility index (Phi) is 5.72. The van der Waals surface area contributed by atoms with Crippen molar-refractivity contribution in [2.45, 2.75) is 18.9 Å². The van der Waals surface area contributed by atoms with E-state index in [9.17, 15) is 4.79 Å². The van der Waals surface area contributed by atoms with E-state index in [-0.39, 0.29) is 18.6 Å². The molecule has 0 N–H and O–H groups in total. The van der Waals surface area contributed by atoms with Gasteiger partial charge in [0.25, 0.3) is 5.91 Å². The predicted octanol–water partition coefficient (Wildman–Crippen LogP) is 5.09. The second-order valence-corrected chi connectivity index (χ2v) is 8.75. The van der Waals surface area contributed by atoms with Gasteiger partial charge in [0.1, 0.15) is 11.3 Å². The van der Waals surface area contributed by atoms with E-state index in [1.165, 1.54) is 11.3 Å². The van der Waals surface area contributed by atoms with Gasteiger partial charge in [0.15, 0.2) is 11.7 Å². The van der Waals surface area contributed by atoms with Crippen molar-refractivity contribution in [1.82, 2.24) is 9.97 Å². The normalized spacial score (nSPS) is 16.1. The topological polar surface area (TPSA) is 64.5 Å². The molecule has 2 aromatic heterocycles. The molecular weight excluding hydrogens is 434 g/mol. The van der Waals surface area contributed by atoms with Crippen LogP contribution < -0.4 is 9.64 Å². The molecule has 1 amide bonds. The molecule has 6 nitrogen and oxygen atoms in total. The SMILES string of the molecule is O=C(COc1ccc(Cl)c2cccnc12)N(CC1CCCO1)c1nc2ccccc2s1. The van der Waals surface area contributed by atoms with Gasteiger partial charge in [-0.25, -0.2) is 4.98 Å². The van der Waals surface area contributed by atoms with Gasteiger partial charge < -0.3 is 9.47 Å². The molecule has 4 aromatic rings. The lowest BCUT2D eigenvalue weighted by Crippen LogP contribution is -2.40. The highest BCUT2D eigenvalue weighted by atomic mass is 35.5. The van der Waals surface area contributed by atoms with Gasteiger partial charge in [0.05, 0.1) is 27.9 Å². The number of rotatable bonds is 6. The van der Waals surface area contributed by atoms with Crippen LogP contribution in [0.4, 0.5) is 5.13 Å². The van der Waals surface area contributed by atoms with Crippen molar-refractivity contribution in [1.29, 1.82) is 0 Å². The number of para-hydroxylation sites is 1. The van der Waals surface area contributed by atoms with E-state index in [0.717, 1.165) is 35.1 Å². The lowest BCUT2D eigenvalue weighted by Gasteiger charge is -2.23. The van der Waals surface area contributed by atoms with Crippen LogP contribution in [0.15, 0.2) is 54.7 Å². The molecule has 1 aliphatic heterocycles. The van der Waals surface area contributed by atoms with Gasteiger partial charge in [-0.2, -0.15) is 0 Å². The summed E-state index contributed by atoms with van der Waals surface area (Å²) < 4.78 is 12.7. The van der Waals surface area contributed by atoms with Gasteiger partial charge in [-0.15, -0.1) is 0 Å². The Morgan fingerprint density at radius 3 is 2.97 bits per heavy atom. The number of fused-ring (bicyclic) bond motifs is 2. The van der Waals surface area contributed by atoms with Crippen molar-refractivity contribution in [3.05, 3.63) is 59.8 Å². The predicted molar refractivity (Wildman–Crippen MR) is 123 cm³/mol. The third-order valence-electron chi connectivity index (χ3n) is 5.26. The van der Waals surface area contributed by atoms with Crippen LogP contribution in [0.25, 0.3) is 21.1 Å². The molecule has 2 aromatic carbocycles. The Bertz CT molecular complexity index is 1210. The minimum absolute atomic E-state index is 0.00832. The van der Waals surface area contributed by atoms with Crippen LogP contribution in [0.2, 0.25) is 5.02 Å². The highest BCUT2D eigenvalue weighted by Gasteiger charge is 2.26. The quantitative estimate of drug-likeness (QED) is 0.407. The first-order valence-corrected chi connectivity index (χ1v) is 11.3. The van der Waals surface area contributed by atoms with E-state index < -0.39 is 0 Å². The van der Waals surface area contributed by atoms with Crippen LogP contribution >= 0.6 is 22.9 Å². The van der Waals surface area contributed by atoms with Gasteiger partial charge in [0.2, 0.25) is 0 Å². The molecule has 1 unspecified atom stereocenters. The third kappa shape index (κ3) is 4.21. The number of ether oxygens (including phenoxy) is 2. The second kappa shape index (κ2) is 8.78. The molecule has 0 radical (unpaired) electrons. The van der Waals surface area contributed by atoms with Crippen molar-refractivity contribution in [2.24, 2.45) is 0 Å². The van der Waals surface area contributed by atoms with Crippen LogP contribution in [-0.2, 0) is 9.53 Å². The Morgan fingerprint density at radius 1 is 1.23 bits per heavy atom. The van der Waals surface area contributed by atoms with Crippen molar-refractivity contribution >= 4 is 55.1 Å². The molecule has 1 fully saturated rings. The zero-order valence-corrected chi connectivity index (χ0v) is 18.2. The average molecular weight is 454 g/mol. The summed E-state index contributed by atoms with van der Waals surface area (Å²) in [6.45, 7) is 1.06. The lowest BCUT2D eigenvalue weighted by atomic mass is 10.2. The van der Waals surface area contributed by atoms with Gasteiger partial charge >= 0.3 is 0 Å². The Labute approximate surface area is 188 Å². The highest BCUT2D eigenvalue weighted by molar-refractivity contribution is 7.22. The number of hydrogen-bond donors (Lipinski definition) is 0. The summed E-state index contributed by atoms with van der Waals surface area (Å²) in [5.41, 5.74) is 1.51. The van der Waals surface area contributed by atoms with Gasteiger partial charge in [-0.05, 0) is 49.2 Å². The monoisotopic (exact) mass is 453 g/mol. The van der Waals surface area contributed by atoms with Crippen molar-refractivity contribution in [3.8, 4) is 5.75 Å². The second-order valence-electron chi connectivity index (χ2n) is 7.34. The van der Waals surface area contributed by atoms with Crippen LogP contribution in [0.3, 0.4) is 0 Å². The lowest BCUT2D eigenvalue weighted by molar-refractivity contribution is -0.120. The minimum Gasteiger partial charge on any atom is -0.481 e. The van der Waals surface area contributed by atoms with Crippen LogP contribution in [-0.4, -0.2) is 41.7 Å². The fraction of sp³-hybridized carbons (Fsp3) is 0.261. The number of hydrogen-bond acceptors (Lipinski definition) is 6. The first kappa shape index (κ1) is 20.2. The fourth-order valence-electron chi connectivity index (χ4n) is 3.70. The Hall–Kier alpha value is -2.74. The molecule has 1 aliphatic rings. The van der Waals surface area contributed by atoms with Crippen LogP contribution in [0, 0.1) is 0 Å². The van der Waals surface area contributed by atoms with Gasteiger partial charge in [-0.3, -0.25) is 14.7 Å². The molecule has 1 saturated heterocycles. The number of carbonyl (C=O) groups excluding carboxylic acids is 1. The molecule has 8 heteroatoms. The summed E-state index contributed by atoms with van der Waals surface area (Å²) in [6.07, 6.45) is 3.62. The van der Waals surface area contributed by atoms with Crippen molar-refractivity contribution in [3.63, 3.8) is 0 Å². The summed E-state index contributed by atoms with van der Waals surface area (Å²) in [5, 5.41) is 2.04. The van der Waals surface area contributed by atoms with Gasteiger partial charge in [-0.1, -0.05) is 35.1 Å². The first-order valence-electron chi connectivity index (χ1n) is 10.1. The van der Waals surface area contributed by atoms with E-state index in [0.29, 0.717) is 28.0 Å². The maximum atomic E-state index is 13.3. The first-order chi connectivity index (χ1) is 15.2. The van der Waals surface area contributed by atoms with E-state index in [1.54, 1.807) is 23.2 Å². The Balaban J connectivity index is 1.40. The number of carbonyl (C=O) groups is 1. The van der Waals surface area contributed by atoms with E-state index in [2.05, 4.69) is 9.97 Å².